The molecule has 1 unspecified atom stereocenters. The molecule has 5 rings (SSSR count). The van der Waals surface area contributed by atoms with Gasteiger partial charge in [-0.2, -0.15) is 0 Å². The Bertz CT molecular complexity index is 960. The van der Waals surface area contributed by atoms with Crippen molar-refractivity contribution in [1.29, 1.82) is 0 Å². The Labute approximate surface area is 161 Å². The molecule has 0 saturated carbocycles. The summed E-state index contributed by atoms with van der Waals surface area (Å²) >= 11 is 1.44. The van der Waals surface area contributed by atoms with Gasteiger partial charge in [0.15, 0.2) is 0 Å². The number of aromatic nitrogens is 2. The Morgan fingerprint density at radius 2 is 2.30 bits per heavy atom. The van der Waals surface area contributed by atoms with Crippen molar-refractivity contribution in [2.24, 2.45) is 0 Å². The molecular weight excluding hydrogens is 360 g/mol. The Kier molecular flexibility index (Phi) is 4.43. The van der Waals surface area contributed by atoms with E-state index < -0.39 is 0 Å². The zero-order chi connectivity index (χ0) is 18.2. The van der Waals surface area contributed by atoms with Crippen LogP contribution < -0.4 is 5.32 Å². The van der Waals surface area contributed by atoms with E-state index in [0.717, 1.165) is 55.3 Å². The van der Waals surface area contributed by atoms with Crippen molar-refractivity contribution < 1.29 is 9.53 Å². The monoisotopic (exact) mass is 382 g/mol. The molecule has 140 valence electrons. The minimum atomic E-state index is -0.0731. The average Bonchev–Trinajstić information content (AvgIpc) is 3.42. The van der Waals surface area contributed by atoms with Crippen LogP contribution in [0, 0.1) is 0 Å². The lowest BCUT2D eigenvalue weighted by molar-refractivity contribution is 0.0636. The van der Waals surface area contributed by atoms with Crippen LogP contribution in [0.4, 0.5) is 5.69 Å². The van der Waals surface area contributed by atoms with Crippen LogP contribution in [0.5, 0.6) is 0 Å². The zero-order valence-corrected chi connectivity index (χ0v) is 15.9. The number of carbonyl (C=O) groups is 1. The molecule has 0 aliphatic carbocycles. The quantitative estimate of drug-likeness (QED) is 0.752. The Morgan fingerprint density at radius 3 is 3.11 bits per heavy atom. The summed E-state index contributed by atoms with van der Waals surface area (Å²) in [5.74, 6) is 1.02. The van der Waals surface area contributed by atoms with Gasteiger partial charge in [0, 0.05) is 31.9 Å². The van der Waals surface area contributed by atoms with Crippen LogP contribution in [0.1, 0.15) is 28.3 Å². The molecule has 0 spiro atoms. The lowest BCUT2D eigenvalue weighted by Gasteiger charge is -2.29. The Morgan fingerprint density at radius 1 is 1.33 bits per heavy atom. The third kappa shape index (κ3) is 3.38. The summed E-state index contributed by atoms with van der Waals surface area (Å²) in [5.41, 5.74) is 2.86. The number of thiophene rings is 1. The van der Waals surface area contributed by atoms with Crippen molar-refractivity contribution in [3.05, 3.63) is 46.4 Å². The number of anilines is 1. The minimum Gasteiger partial charge on any atom is -0.377 e. The molecule has 2 aromatic heterocycles. The molecule has 27 heavy (non-hydrogen) atoms. The van der Waals surface area contributed by atoms with E-state index in [1.54, 1.807) is 0 Å². The fraction of sp³-hybridized carbons (Fsp3) is 0.400. The van der Waals surface area contributed by atoms with Crippen LogP contribution in [-0.2, 0) is 17.8 Å². The van der Waals surface area contributed by atoms with Gasteiger partial charge in [-0.3, -0.25) is 9.69 Å². The minimum absolute atomic E-state index is 0.0731. The topological polar surface area (TPSA) is 59.4 Å². The van der Waals surface area contributed by atoms with Crippen LogP contribution >= 0.6 is 11.3 Å². The van der Waals surface area contributed by atoms with E-state index in [9.17, 15) is 4.79 Å². The van der Waals surface area contributed by atoms with Gasteiger partial charge in [0.25, 0.3) is 5.91 Å². The van der Waals surface area contributed by atoms with Gasteiger partial charge in [0.05, 0.1) is 28.6 Å². The summed E-state index contributed by atoms with van der Waals surface area (Å²) in [6, 6.07) is 9.70. The summed E-state index contributed by atoms with van der Waals surface area (Å²) in [6.07, 6.45) is 2.72. The predicted molar refractivity (Wildman–Crippen MR) is 106 cm³/mol. The molecule has 7 heteroatoms. The molecule has 4 heterocycles. The molecule has 1 aromatic carbocycles. The van der Waals surface area contributed by atoms with Gasteiger partial charge in [0.2, 0.25) is 0 Å². The first kappa shape index (κ1) is 16.9. The highest BCUT2D eigenvalue weighted by Crippen LogP contribution is 2.25. The van der Waals surface area contributed by atoms with Crippen LogP contribution in [-0.4, -0.2) is 46.2 Å². The van der Waals surface area contributed by atoms with E-state index in [1.807, 2.05) is 29.6 Å². The van der Waals surface area contributed by atoms with Crippen molar-refractivity contribution >= 4 is 34.0 Å². The number of fused-ring (bicyclic) bond motifs is 3. The van der Waals surface area contributed by atoms with E-state index >= 15 is 0 Å². The summed E-state index contributed by atoms with van der Waals surface area (Å²) in [6.45, 7) is 4.71. The second kappa shape index (κ2) is 7.07. The van der Waals surface area contributed by atoms with Crippen LogP contribution in [0.15, 0.2) is 35.7 Å². The summed E-state index contributed by atoms with van der Waals surface area (Å²) in [7, 11) is 0. The number of amides is 1. The molecule has 2 aliphatic heterocycles. The average molecular weight is 382 g/mol. The van der Waals surface area contributed by atoms with Gasteiger partial charge in [-0.1, -0.05) is 6.07 Å². The number of imidazole rings is 1. The maximum absolute atomic E-state index is 12.3. The largest absolute Gasteiger partial charge is 0.377 e. The van der Waals surface area contributed by atoms with Crippen LogP contribution in [0.3, 0.4) is 0 Å². The first-order valence-corrected chi connectivity index (χ1v) is 10.3. The molecule has 6 nitrogen and oxygen atoms in total. The standard InChI is InChI=1S/C20H22N4O2S/c25-20(18-4-2-10-27-18)21-14-5-6-17-16(11-14)22-19-13-23(7-8-24(17)19)12-15-3-1-9-26-15/h2,4-6,10-11,15H,1,3,7-9,12-13H2,(H,21,25). The molecule has 0 radical (unpaired) electrons. The van der Waals surface area contributed by atoms with E-state index in [-0.39, 0.29) is 5.91 Å². The normalized spacial score (nSPS) is 20.1. The van der Waals surface area contributed by atoms with Gasteiger partial charge in [-0.15, -0.1) is 11.3 Å². The van der Waals surface area contributed by atoms with Gasteiger partial charge in [0.1, 0.15) is 5.82 Å². The zero-order valence-electron chi connectivity index (χ0n) is 15.1. The highest BCUT2D eigenvalue weighted by atomic mass is 32.1. The van der Waals surface area contributed by atoms with Crippen molar-refractivity contribution in [1.82, 2.24) is 14.5 Å². The SMILES string of the molecule is O=C(Nc1ccc2c(c1)nc1n2CCN(CC2CCCO2)C1)c1cccs1. The van der Waals surface area contributed by atoms with Crippen LogP contribution in [0.2, 0.25) is 0 Å². The number of rotatable bonds is 4. The second-order valence-electron chi connectivity index (χ2n) is 7.18. The molecule has 1 N–H and O–H groups in total. The first-order valence-electron chi connectivity index (χ1n) is 9.44. The number of hydrogen-bond donors (Lipinski definition) is 1. The third-order valence-corrected chi connectivity index (χ3v) is 6.19. The van der Waals surface area contributed by atoms with Gasteiger partial charge < -0.3 is 14.6 Å². The fourth-order valence-corrected chi connectivity index (χ4v) is 4.60. The first-order chi connectivity index (χ1) is 13.3. The Hall–Kier alpha value is -2.22. The molecule has 1 saturated heterocycles. The molecule has 1 atom stereocenters. The number of nitrogens with one attached hydrogen (secondary N) is 1. The maximum Gasteiger partial charge on any atom is 0.265 e. The van der Waals surface area contributed by atoms with E-state index in [1.165, 1.54) is 24.2 Å². The molecule has 1 amide bonds. The van der Waals surface area contributed by atoms with E-state index in [4.69, 9.17) is 9.72 Å². The lowest BCUT2D eigenvalue weighted by atomic mass is 10.2. The maximum atomic E-state index is 12.3. The molecule has 0 bridgehead atoms. The predicted octanol–water partition coefficient (Wildman–Crippen LogP) is 3.34. The summed E-state index contributed by atoms with van der Waals surface area (Å²) < 4.78 is 8.08. The highest BCUT2D eigenvalue weighted by molar-refractivity contribution is 7.12. The lowest BCUT2D eigenvalue weighted by Crippen LogP contribution is -2.38. The number of benzene rings is 1. The molecular formula is C20H22N4O2S. The van der Waals surface area contributed by atoms with Gasteiger partial charge in [-0.05, 0) is 42.5 Å². The van der Waals surface area contributed by atoms with Gasteiger partial charge in [-0.25, -0.2) is 4.98 Å². The molecule has 2 aliphatic rings. The molecule has 1 fully saturated rings. The number of hydrogen-bond acceptors (Lipinski definition) is 5. The van der Waals surface area contributed by atoms with Crippen molar-refractivity contribution in [2.75, 3.05) is 25.0 Å². The summed E-state index contributed by atoms with van der Waals surface area (Å²) in [4.78, 5) is 20.3. The smallest absolute Gasteiger partial charge is 0.265 e. The van der Waals surface area contributed by atoms with E-state index in [0.29, 0.717) is 11.0 Å². The van der Waals surface area contributed by atoms with Crippen LogP contribution in [0.25, 0.3) is 11.0 Å². The fourth-order valence-electron chi connectivity index (χ4n) is 3.98. The van der Waals surface area contributed by atoms with Crippen molar-refractivity contribution in [2.45, 2.75) is 32.0 Å². The number of ether oxygens (including phenoxy) is 1. The van der Waals surface area contributed by atoms with Crippen molar-refractivity contribution in [3.8, 4) is 0 Å². The van der Waals surface area contributed by atoms with Crippen molar-refractivity contribution in [3.63, 3.8) is 0 Å². The number of nitrogens with zero attached hydrogens (tertiary/aromatic N) is 3. The highest BCUT2D eigenvalue weighted by Gasteiger charge is 2.24. The molecule has 3 aromatic rings. The van der Waals surface area contributed by atoms with Gasteiger partial charge >= 0.3 is 0 Å². The number of carbonyl (C=O) groups excluding carboxylic acids is 1. The van der Waals surface area contributed by atoms with E-state index in [2.05, 4.69) is 20.9 Å². The summed E-state index contributed by atoms with van der Waals surface area (Å²) in [5, 5.41) is 4.88. The third-order valence-electron chi connectivity index (χ3n) is 5.32. The Balaban J connectivity index is 1.34. The second-order valence-corrected chi connectivity index (χ2v) is 8.13.